The van der Waals surface area contributed by atoms with Crippen molar-refractivity contribution in [1.82, 2.24) is 0 Å². The molecule has 0 N–H and O–H groups in total. The Kier molecular flexibility index (Phi) is 5.38. The van der Waals surface area contributed by atoms with Crippen LogP contribution < -0.4 is 0 Å². The Morgan fingerprint density at radius 1 is 0.362 bits per heavy atom. The van der Waals surface area contributed by atoms with E-state index in [0.717, 1.165) is 27.7 Å². The van der Waals surface area contributed by atoms with Crippen molar-refractivity contribution in [3.8, 4) is 22.3 Å². The second-order valence-electron chi connectivity index (χ2n) is 12.4. The van der Waals surface area contributed by atoms with Gasteiger partial charge in [-0.25, -0.2) is 4.85 Å². The molecule has 10 aromatic rings. The summed E-state index contributed by atoms with van der Waals surface area (Å²) >= 11 is 0. The van der Waals surface area contributed by atoms with E-state index in [4.69, 9.17) is 11.0 Å². The quantitative estimate of drug-likeness (QED) is 0.144. The summed E-state index contributed by atoms with van der Waals surface area (Å²) in [6, 6.07) is 54.2. The molecule has 0 bridgehead atoms. The Hall–Kier alpha value is -6.43. The molecule has 9 aromatic carbocycles. The van der Waals surface area contributed by atoms with Gasteiger partial charge >= 0.3 is 0 Å². The highest BCUT2D eigenvalue weighted by molar-refractivity contribution is 6.30. The third-order valence-electron chi connectivity index (χ3n) is 9.82. The number of hydrogen-bond donors (Lipinski definition) is 0. The van der Waals surface area contributed by atoms with Crippen molar-refractivity contribution in [2.45, 2.75) is 0 Å². The molecule has 0 saturated carbocycles. The zero-order chi connectivity index (χ0) is 31.1. The maximum Gasteiger partial charge on any atom is 0.187 e. The van der Waals surface area contributed by atoms with Crippen molar-refractivity contribution in [3.05, 3.63) is 163 Å². The molecule has 0 atom stereocenters. The summed E-state index contributed by atoms with van der Waals surface area (Å²) in [6.45, 7) is 7.23. The maximum atomic E-state index is 7.23. The molecule has 2 nitrogen and oxygen atoms in total. The third-order valence-corrected chi connectivity index (χ3v) is 9.82. The highest BCUT2D eigenvalue weighted by Crippen LogP contribution is 2.42. The van der Waals surface area contributed by atoms with Gasteiger partial charge in [0, 0.05) is 10.8 Å². The second kappa shape index (κ2) is 9.78. The summed E-state index contributed by atoms with van der Waals surface area (Å²) in [5, 5.41) is 14.6. The lowest BCUT2D eigenvalue weighted by Crippen LogP contribution is -1.86. The van der Waals surface area contributed by atoms with Crippen LogP contribution >= 0.6 is 0 Å². The molecule has 0 aliphatic carbocycles. The number of nitrogens with zero attached hydrogens (tertiary/aromatic N) is 1. The Balaban J connectivity index is 1.15. The smallest absolute Gasteiger partial charge is 0.187 e. The molecule has 10 rings (SSSR count). The average molecular weight is 596 g/mol. The Labute approximate surface area is 270 Å². The fraction of sp³-hybridized carbons (Fsp3) is 0. The highest BCUT2D eigenvalue weighted by atomic mass is 16.3. The molecule has 0 aliphatic heterocycles. The van der Waals surface area contributed by atoms with E-state index in [1.807, 2.05) is 24.3 Å². The van der Waals surface area contributed by atoms with Gasteiger partial charge in [-0.3, -0.25) is 0 Å². The van der Waals surface area contributed by atoms with Crippen molar-refractivity contribution in [2.24, 2.45) is 0 Å². The molecule has 0 saturated heterocycles. The van der Waals surface area contributed by atoms with E-state index in [1.54, 1.807) is 0 Å². The molecule has 0 fully saturated rings. The first-order chi connectivity index (χ1) is 23.2. The van der Waals surface area contributed by atoms with Gasteiger partial charge in [0.15, 0.2) is 5.69 Å². The van der Waals surface area contributed by atoms with Crippen LogP contribution in [0.25, 0.3) is 103 Å². The lowest BCUT2D eigenvalue weighted by molar-refractivity contribution is 0.670. The number of fused-ring (bicyclic) bond motifs is 12. The number of hydrogen-bond acceptors (Lipinski definition) is 1. The molecule has 216 valence electrons. The normalized spacial score (nSPS) is 11.8. The van der Waals surface area contributed by atoms with Crippen molar-refractivity contribution in [3.63, 3.8) is 0 Å². The van der Waals surface area contributed by atoms with Gasteiger partial charge in [0.2, 0.25) is 0 Å². The number of furan rings is 1. The molecule has 1 heterocycles. The highest BCUT2D eigenvalue weighted by Gasteiger charge is 2.16. The molecule has 1 aromatic heterocycles. The predicted molar refractivity (Wildman–Crippen MR) is 198 cm³/mol. The van der Waals surface area contributed by atoms with Gasteiger partial charge in [-0.15, -0.1) is 0 Å². The van der Waals surface area contributed by atoms with Crippen LogP contribution in [0.15, 0.2) is 156 Å². The van der Waals surface area contributed by atoms with Gasteiger partial charge in [0.25, 0.3) is 0 Å². The van der Waals surface area contributed by atoms with E-state index >= 15 is 0 Å². The van der Waals surface area contributed by atoms with Crippen LogP contribution in [-0.4, -0.2) is 0 Å². The lowest BCUT2D eigenvalue weighted by atomic mass is 9.90. The summed E-state index contributed by atoms with van der Waals surface area (Å²) in [6.07, 6.45) is 0. The average Bonchev–Trinajstić information content (AvgIpc) is 3.52. The van der Waals surface area contributed by atoms with Gasteiger partial charge in [-0.2, -0.15) is 0 Å². The second-order valence-corrected chi connectivity index (χ2v) is 12.4. The lowest BCUT2D eigenvalue weighted by Gasteiger charge is -2.13. The van der Waals surface area contributed by atoms with E-state index in [1.165, 1.54) is 70.4 Å². The number of benzene rings is 9. The van der Waals surface area contributed by atoms with Gasteiger partial charge in [-0.05, 0) is 113 Å². The van der Waals surface area contributed by atoms with Crippen molar-refractivity contribution >= 4 is 81.5 Å². The monoisotopic (exact) mass is 595 g/mol. The first kappa shape index (κ1) is 25.9. The van der Waals surface area contributed by atoms with Crippen LogP contribution in [0.2, 0.25) is 0 Å². The molecule has 0 radical (unpaired) electrons. The SMILES string of the molecule is [C-]#[N+]c1ccc(-c2ccc3cc(-c4ccc5c(c4)c4ccccc4c4cc6c(cc54)oc4ccc5ccccc5c46)ccc3c2)cc1. The topological polar surface area (TPSA) is 17.5 Å². The minimum Gasteiger partial charge on any atom is -0.456 e. The van der Waals surface area contributed by atoms with E-state index < -0.39 is 0 Å². The Morgan fingerprint density at radius 3 is 1.66 bits per heavy atom. The molecule has 0 unspecified atom stereocenters. The minimum absolute atomic E-state index is 0.659. The first-order valence-electron chi connectivity index (χ1n) is 15.9. The van der Waals surface area contributed by atoms with Gasteiger partial charge in [0.05, 0.1) is 6.57 Å². The molecular weight excluding hydrogens is 571 g/mol. The largest absolute Gasteiger partial charge is 0.456 e. The van der Waals surface area contributed by atoms with Gasteiger partial charge < -0.3 is 4.42 Å². The fourth-order valence-electron chi connectivity index (χ4n) is 7.51. The Bertz CT molecular complexity index is 2960. The zero-order valence-corrected chi connectivity index (χ0v) is 25.3. The standard InChI is InChI=1S/C45H25NO/c1-46-34-18-14-27(15-19-34)29-10-11-31-23-32(13-12-30(31)22-29)33-16-20-38-39(24-33)36-8-4-5-9-37(36)40-25-42-44(26-41(38)40)47-43-21-17-28-6-2-3-7-35(28)45(42)43/h2-26H. The molecule has 0 aliphatic rings. The van der Waals surface area contributed by atoms with Crippen molar-refractivity contribution < 1.29 is 4.42 Å². The number of rotatable bonds is 2. The summed E-state index contributed by atoms with van der Waals surface area (Å²) in [5.41, 5.74) is 7.15. The van der Waals surface area contributed by atoms with Crippen molar-refractivity contribution in [2.75, 3.05) is 0 Å². The van der Waals surface area contributed by atoms with Gasteiger partial charge in [0.1, 0.15) is 11.2 Å². The van der Waals surface area contributed by atoms with Crippen LogP contribution in [0.3, 0.4) is 0 Å². The molecule has 47 heavy (non-hydrogen) atoms. The predicted octanol–water partition coefficient (Wildman–Crippen LogP) is 13.2. The maximum absolute atomic E-state index is 7.23. The first-order valence-corrected chi connectivity index (χ1v) is 15.9. The third kappa shape index (κ3) is 3.91. The molecule has 0 spiro atoms. The van der Waals surface area contributed by atoms with Gasteiger partial charge in [-0.1, -0.05) is 115 Å². The summed E-state index contributed by atoms with van der Waals surface area (Å²) < 4.78 is 6.50. The Morgan fingerprint density at radius 2 is 0.915 bits per heavy atom. The van der Waals surface area contributed by atoms with E-state index in [9.17, 15) is 0 Å². The fourth-order valence-corrected chi connectivity index (χ4v) is 7.51. The summed E-state index contributed by atoms with van der Waals surface area (Å²) in [4.78, 5) is 3.52. The van der Waals surface area contributed by atoms with E-state index in [-0.39, 0.29) is 0 Å². The van der Waals surface area contributed by atoms with Crippen LogP contribution in [-0.2, 0) is 0 Å². The van der Waals surface area contributed by atoms with Crippen molar-refractivity contribution in [1.29, 1.82) is 0 Å². The molecule has 0 amide bonds. The van der Waals surface area contributed by atoms with Crippen LogP contribution in [0.4, 0.5) is 5.69 Å². The van der Waals surface area contributed by atoms with Crippen LogP contribution in [0, 0.1) is 6.57 Å². The summed E-state index contributed by atoms with van der Waals surface area (Å²) in [5.74, 6) is 0. The van der Waals surface area contributed by atoms with Crippen LogP contribution in [0.5, 0.6) is 0 Å². The molecule has 2 heteroatoms. The molecular formula is C45H25NO. The summed E-state index contributed by atoms with van der Waals surface area (Å²) in [7, 11) is 0. The van der Waals surface area contributed by atoms with E-state index in [0.29, 0.717) is 5.69 Å². The zero-order valence-electron chi connectivity index (χ0n) is 25.3. The van der Waals surface area contributed by atoms with E-state index in [2.05, 4.69) is 132 Å². The van der Waals surface area contributed by atoms with Crippen LogP contribution in [0.1, 0.15) is 0 Å². The minimum atomic E-state index is 0.659.